The van der Waals surface area contributed by atoms with Crippen molar-refractivity contribution in [2.75, 3.05) is 0 Å². The molecule has 0 N–H and O–H groups in total. The Hall–Kier alpha value is -7.30. The predicted octanol–water partition coefficient (Wildman–Crippen LogP) is 11.4. The fourth-order valence-corrected chi connectivity index (χ4v) is 7.80. The summed E-state index contributed by atoms with van der Waals surface area (Å²) in [6.07, 6.45) is -5.43. The molecule has 328 valence electrons. The molecule has 0 aliphatic heterocycles. The molecule has 2 aromatic heterocycles. The Labute approximate surface area is 364 Å². The molecule has 4 aromatic carbocycles. The third kappa shape index (κ3) is 9.23. The van der Waals surface area contributed by atoms with Gasteiger partial charge in [0.2, 0.25) is 0 Å². The van der Waals surface area contributed by atoms with Gasteiger partial charge in [-0.1, -0.05) is 0 Å². The first-order valence-electron chi connectivity index (χ1n) is 19.6. The van der Waals surface area contributed by atoms with E-state index < -0.39 is 48.0 Å². The maximum atomic E-state index is 15.3. The number of nitriles is 4. The number of hydrogen-bond donors (Lipinski definition) is 0. The number of rotatable bonds is 10. The summed E-state index contributed by atoms with van der Waals surface area (Å²) < 4.78 is 118. The number of hydrogen-bond acceptors (Lipinski definition) is 6. The van der Waals surface area contributed by atoms with Gasteiger partial charge in [0.1, 0.15) is 47.8 Å². The van der Waals surface area contributed by atoms with Gasteiger partial charge in [0.25, 0.3) is 0 Å². The van der Waals surface area contributed by atoms with Gasteiger partial charge in [0, 0.05) is 14.1 Å². The summed E-state index contributed by atoms with van der Waals surface area (Å²) in [5.74, 6) is -3.11. The van der Waals surface area contributed by atoms with Crippen molar-refractivity contribution in [3.8, 4) is 46.8 Å². The van der Waals surface area contributed by atoms with Gasteiger partial charge in [0.05, 0.1) is 69.3 Å². The molecule has 0 aliphatic carbocycles. The van der Waals surface area contributed by atoms with Crippen molar-refractivity contribution in [1.82, 2.24) is 19.6 Å². The van der Waals surface area contributed by atoms with Crippen LogP contribution in [0, 0.1) is 96.3 Å². The molecule has 0 amide bonds. The van der Waals surface area contributed by atoms with E-state index in [1.807, 2.05) is 12.1 Å². The third-order valence-electron chi connectivity index (χ3n) is 11.1. The molecular formula is C48H40F8N8. The lowest BCUT2D eigenvalue weighted by Crippen LogP contribution is -2.11. The quantitative estimate of drug-likeness (QED) is 0.126. The SMILES string of the molecule is Cc1cnn(C)c1-c1c(F)cc(Cc2c(C#N)cc(F)cc2C(F)C(C)F)c(C)c1C#N.Cc1cnn(C)c1-c1c(F)cc(Cc2c(C#N)cc(F)cc2C(F)C(C)F)c(C)c1C#N. The zero-order valence-corrected chi connectivity index (χ0v) is 35.9. The molecular weight excluding hydrogens is 841 g/mol. The largest absolute Gasteiger partial charge is 0.268 e. The lowest BCUT2D eigenvalue weighted by atomic mass is 9.87. The Bertz CT molecular complexity index is 2720. The van der Waals surface area contributed by atoms with Gasteiger partial charge in [-0.25, -0.2) is 35.1 Å². The highest BCUT2D eigenvalue weighted by atomic mass is 19.2. The van der Waals surface area contributed by atoms with E-state index >= 15 is 8.78 Å². The minimum Gasteiger partial charge on any atom is -0.268 e. The summed E-state index contributed by atoms with van der Waals surface area (Å²) >= 11 is 0. The highest BCUT2D eigenvalue weighted by molar-refractivity contribution is 5.75. The smallest absolute Gasteiger partial charge is 0.156 e. The molecule has 2 heterocycles. The Balaban J connectivity index is 0.000000241. The number of aryl methyl sites for hydroxylation is 4. The van der Waals surface area contributed by atoms with Crippen LogP contribution in [0.3, 0.4) is 0 Å². The zero-order valence-electron chi connectivity index (χ0n) is 35.9. The molecule has 4 atom stereocenters. The molecule has 0 saturated heterocycles. The first kappa shape index (κ1) is 47.7. The standard InChI is InChI=1S/2C24H20F4N4/c2*1-12-11-31-32(4)24(12)22-20(10-30)13(2)15(7-21(22)27)6-18-16(9-29)5-17(26)8-19(18)23(28)14(3)25/h2*5,7-8,11,14,23H,6H2,1-4H3. The molecule has 0 saturated carbocycles. The van der Waals surface area contributed by atoms with E-state index in [2.05, 4.69) is 10.2 Å². The van der Waals surface area contributed by atoms with E-state index in [4.69, 9.17) is 0 Å². The molecule has 64 heavy (non-hydrogen) atoms. The summed E-state index contributed by atoms with van der Waals surface area (Å²) in [5, 5.41) is 46.7. The van der Waals surface area contributed by atoms with Crippen molar-refractivity contribution in [2.24, 2.45) is 14.1 Å². The van der Waals surface area contributed by atoms with Gasteiger partial charge >= 0.3 is 0 Å². The van der Waals surface area contributed by atoms with E-state index in [1.54, 1.807) is 66.3 Å². The molecule has 0 bridgehead atoms. The first-order valence-corrected chi connectivity index (χ1v) is 19.6. The summed E-state index contributed by atoms with van der Waals surface area (Å²) in [7, 11) is 3.27. The topological polar surface area (TPSA) is 131 Å². The van der Waals surface area contributed by atoms with E-state index in [-0.39, 0.29) is 68.5 Å². The number of benzene rings is 4. The normalized spacial score (nSPS) is 12.8. The highest BCUT2D eigenvalue weighted by Crippen LogP contribution is 2.38. The monoisotopic (exact) mass is 880 g/mol. The van der Waals surface area contributed by atoms with Crippen LogP contribution in [-0.2, 0) is 26.9 Å². The maximum Gasteiger partial charge on any atom is 0.156 e. The molecule has 0 fully saturated rings. The second-order valence-corrected chi connectivity index (χ2v) is 15.4. The molecule has 8 nitrogen and oxygen atoms in total. The summed E-state index contributed by atoms with van der Waals surface area (Å²) in [4.78, 5) is 0. The van der Waals surface area contributed by atoms with Crippen molar-refractivity contribution in [3.63, 3.8) is 0 Å². The molecule has 0 radical (unpaired) electrons. The summed E-state index contributed by atoms with van der Waals surface area (Å²) in [5.41, 5.74) is 3.21. The van der Waals surface area contributed by atoms with Crippen LogP contribution in [0.25, 0.3) is 22.5 Å². The minimum atomic E-state index is -2.16. The third-order valence-corrected chi connectivity index (χ3v) is 11.1. The molecule has 0 spiro atoms. The van der Waals surface area contributed by atoms with E-state index in [0.29, 0.717) is 44.8 Å². The van der Waals surface area contributed by atoms with Crippen molar-refractivity contribution < 1.29 is 35.1 Å². The van der Waals surface area contributed by atoms with Gasteiger partial charge in [-0.2, -0.15) is 31.2 Å². The van der Waals surface area contributed by atoms with Gasteiger partial charge in [0.15, 0.2) is 12.3 Å². The van der Waals surface area contributed by atoms with Crippen LogP contribution in [0.4, 0.5) is 35.1 Å². The minimum absolute atomic E-state index is 0.0572. The first-order chi connectivity index (χ1) is 30.2. The van der Waals surface area contributed by atoms with Crippen LogP contribution in [0.5, 0.6) is 0 Å². The van der Waals surface area contributed by atoms with Crippen molar-refractivity contribution in [3.05, 3.63) is 150 Å². The fourth-order valence-electron chi connectivity index (χ4n) is 7.80. The van der Waals surface area contributed by atoms with E-state index in [1.165, 1.54) is 21.5 Å². The maximum absolute atomic E-state index is 15.3. The Morgan fingerprint density at radius 2 is 0.891 bits per heavy atom. The molecule has 6 rings (SSSR count). The number of halogens is 8. The average Bonchev–Trinajstić information content (AvgIpc) is 3.76. The Kier molecular flexibility index (Phi) is 14.5. The van der Waals surface area contributed by atoms with E-state index in [9.17, 15) is 47.4 Å². The second kappa shape index (κ2) is 19.4. The van der Waals surface area contributed by atoms with E-state index in [0.717, 1.165) is 38.1 Å². The van der Waals surface area contributed by atoms with Crippen LogP contribution in [0.2, 0.25) is 0 Å². The van der Waals surface area contributed by atoms with Crippen molar-refractivity contribution >= 4 is 0 Å². The van der Waals surface area contributed by atoms with Crippen LogP contribution in [0.1, 0.15) is 104 Å². The fraction of sp³-hybridized carbons (Fsp3) is 0.292. The van der Waals surface area contributed by atoms with Gasteiger partial charge in [-0.3, -0.25) is 9.36 Å². The summed E-state index contributed by atoms with van der Waals surface area (Å²) in [6, 6.07) is 13.6. The van der Waals surface area contributed by atoms with Crippen molar-refractivity contribution in [1.29, 1.82) is 21.0 Å². The number of aromatic nitrogens is 4. The molecule has 16 heteroatoms. The van der Waals surface area contributed by atoms with Gasteiger partial charge in [-0.15, -0.1) is 0 Å². The Morgan fingerprint density at radius 3 is 1.16 bits per heavy atom. The van der Waals surface area contributed by atoms with Gasteiger partial charge in [-0.05, 0) is 146 Å². The Morgan fingerprint density at radius 1 is 0.547 bits per heavy atom. The lowest BCUT2D eigenvalue weighted by molar-refractivity contribution is 0.183. The summed E-state index contributed by atoms with van der Waals surface area (Å²) in [6.45, 7) is 8.71. The molecule has 0 aliphatic rings. The number of nitrogens with zero attached hydrogens (tertiary/aromatic N) is 8. The van der Waals surface area contributed by atoms with Crippen LogP contribution >= 0.6 is 0 Å². The van der Waals surface area contributed by atoms with Crippen LogP contribution in [0.15, 0.2) is 48.8 Å². The predicted molar refractivity (Wildman–Crippen MR) is 222 cm³/mol. The zero-order chi connectivity index (χ0) is 47.5. The molecule has 4 unspecified atom stereocenters. The lowest BCUT2D eigenvalue weighted by Gasteiger charge is -2.19. The highest BCUT2D eigenvalue weighted by Gasteiger charge is 2.29. The molecule has 6 aromatic rings. The number of alkyl halides is 4. The van der Waals surface area contributed by atoms with Crippen molar-refractivity contribution in [2.45, 2.75) is 79.1 Å². The second-order valence-electron chi connectivity index (χ2n) is 15.4. The van der Waals surface area contributed by atoms with Crippen LogP contribution < -0.4 is 0 Å². The average molecular weight is 881 g/mol. The van der Waals surface area contributed by atoms with Crippen LogP contribution in [-0.4, -0.2) is 31.9 Å². The van der Waals surface area contributed by atoms with Gasteiger partial charge < -0.3 is 0 Å².